The van der Waals surface area contributed by atoms with E-state index in [0.29, 0.717) is 17.1 Å². The zero-order chi connectivity index (χ0) is 19.0. The molecule has 4 heterocycles. The van der Waals surface area contributed by atoms with Crippen LogP contribution in [0.3, 0.4) is 0 Å². The molecule has 0 spiro atoms. The summed E-state index contributed by atoms with van der Waals surface area (Å²) in [4.78, 5) is 22.1. The summed E-state index contributed by atoms with van der Waals surface area (Å²) >= 11 is 0. The predicted molar refractivity (Wildman–Crippen MR) is 95.4 cm³/mol. The Morgan fingerprint density at radius 3 is 2.96 bits per heavy atom. The van der Waals surface area contributed by atoms with Crippen LogP contribution in [0.4, 0.5) is 4.39 Å². The molecule has 0 aliphatic rings. The third-order valence-electron chi connectivity index (χ3n) is 4.17. The fraction of sp³-hybridized carbons (Fsp3) is 0.158. The monoisotopic (exact) mass is 365 g/mol. The van der Waals surface area contributed by atoms with E-state index in [1.165, 1.54) is 9.30 Å². The van der Waals surface area contributed by atoms with E-state index in [1.54, 1.807) is 43.8 Å². The Balaban J connectivity index is 1.55. The first-order valence-electron chi connectivity index (χ1n) is 8.28. The lowest BCUT2D eigenvalue weighted by atomic mass is 10.2. The van der Waals surface area contributed by atoms with E-state index in [2.05, 4.69) is 15.1 Å². The van der Waals surface area contributed by atoms with Crippen LogP contribution in [0.1, 0.15) is 21.8 Å². The number of rotatable bonds is 4. The van der Waals surface area contributed by atoms with Crippen LogP contribution in [-0.4, -0.2) is 37.4 Å². The minimum atomic E-state index is -0.681. The van der Waals surface area contributed by atoms with Crippen molar-refractivity contribution in [3.8, 4) is 11.3 Å². The van der Waals surface area contributed by atoms with Crippen LogP contribution in [0.2, 0.25) is 0 Å². The molecule has 0 aliphatic carbocycles. The lowest BCUT2D eigenvalue weighted by Gasteiger charge is -2.13. The minimum absolute atomic E-state index is 0.137. The Kier molecular flexibility index (Phi) is 4.15. The number of halogens is 1. The second-order valence-electron chi connectivity index (χ2n) is 6.27. The van der Waals surface area contributed by atoms with Crippen LogP contribution in [0.25, 0.3) is 16.9 Å². The standard InChI is InChI=1S/C19H16FN5O2/c1-12-5-6-16-22-17(18(20)25(16)10-12)19(26)24(2)11-14-8-15(23-27-14)13-4-3-7-21-9-13/h3-10H,11H2,1-2H3. The molecule has 0 atom stereocenters. The summed E-state index contributed by atoms with van der Waals surface area (Å²) < 4.78 is 21.2. The van der Waals surface area contributed by atoms with Gasteiger partial charge in [-0.25, -0.2) is 4.98 Å². The first-order valence-corrected chi connectivity index (χ1v) is 8.28. The van der Waals surface area contributed by atoms with Crippen LogP contribution in [0.15, 0.2) is 53.4 Å². The molecule has 0 N–H and O–H groups in total. The molecule has 4 aromatic heterocycles. The minimum Gasteiger partial charge on any atom is -0.359 e. The van der Waals surface area contributed by atoms with Gasteiger partial charge in [0, 0.05) is 37.3 Å². The van der Waals surface area contributed by atoms with E-state index in [4.69, 9.17) is 4.52 Å². The molecule has 0 unspecified atom stereocenters. The Bertz CT molecular complexity index is 1120. The van der Waals surface area contributed by atoms with Crippen molar-refractivity contribution in [3.05, 3.63) is 71.9 Å². The molecule has 0 bridgehead atoms. The number of carbonyl (C=O) groups excluding carboxylic acids is 1. The Labute approximate surface area is 154 Å². The zero-order valence-electron chi connectivity index (χ0n) is 14.8. The van der Waals surface area contributed by atoms with E-state index >= 15 is 0 Å². The maximum atomic E-state index is 14.6. The molecule has 27 heavy (non-hydrogen) atoms. The smallest absolute Gasteiger partial charge is 0.277 e. The third-order valence-corrected chi connectivity index (χ3v) is 4.17. The van der Waals surface area contributed by atoms with Gasteiger partial charge in [-0.3, -0.25) is 14.2 Å². The summed E-state index contributed by atoms with van der Waals surface area (Å²) in [6.45, 7) is 1.98. The number of aryl methyl sites for hydroxylation is 1. The molecular weight excluding hydrogens is 349 g/mol. The molecule has 136 valence electrons. The molecule has 0 aromatic carbocycles. The lowest BCUT2D eigenvalue weighted by Crippen LogP contribution is -2.27. The van der Waals surface area contributed by atoms with E-state index in [-0.39, 0.29) is 12.2 Å². The number of amides is 1. The van der Waals surface area contributed by atoms with Crippen molar-refractivity contribution in [2.24, 2.45) is 0 Å². The SMILES string of the molecule is Cc1ccc2nc(C(=O)N(C)Cc3cc(-c4cccnc4)no3)c(F)n2c1. The maximum absolute atomic E-state index is 14.6. The van der Waals surface area contributed by atoms with E-state index in [1.807, 2.05) is 19.1 Å². The summed E-state index contributed by atoms with van der Waals surface area (Å²) in [5, 5.41) is 3.99. The molecule has 4 aromatic rings. The fourth-order valence-corrected chi connectivity index (χ4v) is 2.78. The van der Waals surface area contributed by atoms with E-state index < -0.39 is 11.9 Å². The first-order chi connectivity index (χ1) is 13.0. The zero-order valence-corrected chi connectivity index (χ0v) is 14.8. The van der Waals surface area contributed by atoms with Gasteiger partial charge in [-0.1, -0.05) is 11.2 Å². The highest BCUT2D eigenvalue weighted by Gasteiger charge is 2.23. The molecule has 0 aliphatic heterocycles. The average molecular weight is 365 g/mol. The van der Waals surface area contributed by atoms with Crippen LogP contribution < -0.4 is 0 Å². The summed E-state index contributed by atoms with van der Waals surface area (Å²) in [7, 11) is 1.56. The average Bonchev–Trinajstić information content (AvgIpc) is 3.27. The molecule has 0 saturated heterocycles. The van der Waals surface area contributed by atoms with Crippen molar-refractivity contribution in [1.29, 1.82) is 0 Å². The van der Waals surface area contributed by atoms with E-state index in [0.717, 1.165) is 11.1 Å². The first kappa shape index (κ1) is 16.9. The van der Waals surface area contributed by atoms with Gasteiger partial charge in [-0.15, -0.1) is 0 Å². The maximum Gasteiger partial charge on any atom is 0.277 e. The van der Waals surface area contributed by atoms with Crippen LogP contribution in [-0.2, 0) is 6.54 Å². The second kappa shape index (κ2) is 6.64. The number of hydrogen-bond acceptors (Lipinski definition) is 5. The number of hydrogen-bond donors (Lipinski definition) is 0. The quantitative estimate of drug-likeness (QED) is 0.555. The van der Waals surface area contributed by atoms with Gasteiger partial charge in [0.1, 0.15) is 11.3 Å². The normalized spacial score (nSPS) is 11.1. The largest absolute Gasteiger partial charge is 0.359 e. The topological polar surface area (TPSA) is 76.5 Å². The highest BCUT2D eigenvalue weighted by Crippen LogP contribution is 2.20. The summed E-state index contributed by atoms with van der Waals surface area (Å²) in [5.41, 5.74) is 2.45. The Morgan fingerprint density at radius 2 is 2.19 bits per heavy atom. The van der Waals surface area contributed by atoms with Gasteiger partial charge in [-0.05, 0) is 30.7 Å². The second-order valence-corrected chi connectivity index (χ2v) is 6.27. The fourth-order valence-electron chi connectivity index (χ4n) is 2.78. The Morgan fingerprint density at radius 1 is 1.33 bits per heavy atom. The third kappa shape index (κ3) is 3.17. The van der Waals surface area contributed by atoms with Gasteiger partial charge in [-0.2, -0.15) is 4.39 Å². The highest BCUT2D eigenvalue weighted by atomic mass is 19.1. The van der Waals surface area contributed by atoms with Crippen LogP contribution in [0, 0.1) is 12.9 Å². The van der Waals surface area contributed by atoms with Crippen molar-refractivity contribution in [2.75, 3.05) is 7.05 Å². The van der Waals surface area contributed by atoms with Crippen molar-refractivity contribution in [1.82, 2.24) is 24.4 Å². The molecule has 8 heteroatoms. The van der Waals surface area contributed by atoms with Gasteiger partial charge >= 0.3 is 0 Å². The summed E-state index contributed by atoms with van der Waals surface area (Å²) in [6, 6.07) is 8.87. The lowest BCUT2D eigenvalue weighted by molar-refractivity contribution is 0.0761. The predicted octanol–water partition coefficient (Wildman–Crippen LogP) is 3.10. The van der Waals surface area contributed by atoms with Crippen molar-refractivity contribution in [2.45, 2.75) is 13.5 Å². The molecule has 0 saturated carbocycles. The van der Waals surface area contributed by atoms with Gasteiger partial charge in [0.25, 0.3) is 5.91 Å². The van der Waals surface area contributed by atoms with E-state index in [9.17, 15) is 9.18 Å². The van der Waals surface area contributed by atoms with Crippen molar-refractivity contribution in [3.63, 3.8) is 0 Å². The van der Waals surface area contributed by atoms with Crippen molar-refractivity contribution >= 4 is 11.6 Å². The van der Waals surface area contributed by atoms with Crippen LogP contribution in [0.5, 0.6) is 0 Å². The molecule has 0 radical (unpaired) electrons. The summed E-state index contributed by atoms with van der Waals surface area (Å²) in [6.07, 6.45) is 4.94. The number of imidazole rings is 1. The van der Waals surface area contributed by atoms with Gasteiger partial charge in [0.2, 0.25) is 5.95 Å². The van der Waals surface area contributed by atoms with Gasteiger partial charge in [0.15, 0.2) is 11.5 Å². The highest BCUT2D eigenvalue weighted by molar-refractivity contribution is 5.93. The number of fused-ring (bicyclic) bond motifs is 1. The van der Waals surface area contributed by atoms with Gasteiger partial charge in [0.05, 0.1) is 6.54 Å². The number of pyridine rings is 2. The van der Waals surface area contributed by atoms with Crippen molar-refractivity contribution < 1.29 is 13.7 Å². The molecule has 7 nitrogen and oxygen atoms in total. The number of aromatic nitrogens is 4. The molecule has 4 rings (SSSR count). The van der Waals surface area contributed by atoms with Crippen LogP contribution >= 0.6 is 0 Å². The Hall–Kier alpha value is -3.55. The number of nitrogens with zero attached hydrogens (tertiary/aromatic N) is 5. The molecular formula is C19H16FN5O2. The van der Waals surface area contributed by atoms with Gasteiger partial charge < -0.3 is 9.42 Å². The molecule has 0 fully saturated rings. The number of carbonyl (C=O) groups is 1. The molecule has 1 amide bonds. The summed E-state index contributed by atoms with van der Waals surface area (Å²) in [5.74, 6) is -0.739.